The van der Waals surface area contributed by atoms with Gasteiger partial charge in [0.2, 0.25) is 0 Å². The average Bonchev–Trinajstić information content (AvgIpc) is 2.62. The van der Waals surface area contributed by atoms with E-state index in [0.29, 0.717) is 6.61 Å². The predicted octanol–water partition coefficient (Wildman–Crippen LogP) is 0.462. The lowest BCUT2D eigenvalue weighted by Crippen LogP contribution is -2.16. The summed E-state index contributed by atoms with van der Waals surface area (Å²) in [5.41, 5.74) is 0. The summed E-state index contributed by atoms with van der Waals surface area (Å²) in [7, 11) is 0. The summed E-state index contributed by atoms with van der Waals surface area (Å²) in [6.45, 7) is 2.18. The zero-order chi connectivity index (χ0) is 11.3. The van der Waals surface area contributed by atoms with E-state index in [0.717, 1.165) is 0 Å². The molecule has 0 aliphatic carbocycles. The van der Waals surface area contributed by atoms with Gasteiger partial charge in [-0.2, -0.15) is 0 Å². The number of carbonyl (C=O) groups is 3. The van der Waals surface area contributed by atoms with E-state index in [1.54, 1.807) is 6.92 Å². The molecule has 0 unspecified atom stereocenters. The number of esters is 2. The normalized spacial score (nSPS) is 19.8. The van der Waals surface area contributed by atoms with Crippen molar-refractivity contribution in [2.75, 3.05) is 13.2 Å². The molecular weight excluding hydrogens is 200 g/mol. The summed E-state index contributed by atoms with van der Waals surface area (Å²) in [6.07, 6.45) is 0.346. The van der Waals surface area contributed by atoms with E-state index in [9.17, 15) is 14.4 Å². The Bertz CT molecular complexity index is 271. The van der Waals surface area contributed by atoms with Crippen LogP contribution in [0.1, 0.15) is 26.2 Å². The Labute approximate surface area is 87.7 Å². The number of hydrogen-bond donors (Lipinski definition) is 0. The summed E-state index contributed by atoms with van der Waals surface area (Å²) in [5.74, 6) is -1.19. The minimum Gasteiger partial charge on any atom is -0.466 e. The molecule has 1 aliphatic heterocycles. The fourth-order valence-electron chi connectivity index (χ4n) is 1.38. The number of cyclic esters (lactones) is 1. The van der Waals surface area contributed by atoms with E-state index in [4.69, 9.17) is 0 Å². The van der Waals surface area contributed by atoms with Crippen molar-refractivity contribution in [2.24, 2.45) is 5.92 Å². The van der Waals surface area contributed by atoms with E-state index in [-0.39, 0.29) is 49.5 Å². The SMILES string of the molecule is CCOC(=O)CCC(=O)[C@@H]1COC(=O)C1. The molecule has 5 nitrogen and oxygen atoms in total. The molecule has 1 aliphatic rings. The molecule has 0 radical (unpaired) electrons. The summed E-state index contributed by atoms with van der Waals surface area (Å²) < 4.78 is 9.35. The van der Waals surface area contributed by atoms with E-state index >= 15 is 0 Å². The van der Waals surface area contributed by atoms with Crippen LogP contribution >= 0.6 is 0 Å². The summed E-state index contributed by atoms with van der Waals surface area (Å²) in [5, 5.41) is 0. The lowest BCUT2D eigenvalue weighted by molar-refractivity contribution is -0.144. The lowest BCUT2D eigenvalue weighted by Gasteiger charge is -2.04. The first-order valence-corrected chi connectivity index (χ1v) is 4.97. The molecule has 0 N–H and O–H groups in total. The molecule has 1 atom stereocenters. The second kappa shape index (κ2) is 5.48. The monoisotopic (exact) mass is 214 g/mol. The maximum atomic E-state index is 11.5. The van der Waals surface area contributed by atoms with Crippen molar-refractivity contribution >= 4 is 17.7 Å². The molecule has 0 bridgehead atoms. The first-order valence-electron chi connectivity index (χ1n) is 4.97. The number of Topliss-reactive ketones (excluding diaryl/α,β-unsaturated/α-hetero) is 1. The van der Waals surface area contributed by atoms with Crippen molar-refractivity contribution < 1.29 is 23.9 Å². The molecule has 1 rings (SSSR count). The number of ether oxygens (including phenoxy) is 2. The Morgan fingerprint density at radius 1 is 1.47 bits per heavy atom. The van der Waals surface area contributed by atoms with Gasteiger partial charge < -0.3 is 9.47 Å². The minimum absolute atomic E-state index is 0.0807. The summed E-state index contributed by atoms with van der Waals surface area (Å²) in [4.78, 5) is 33.1. The summed E-state index contributed by atoms with van der Waals surface area (Å²) >= 11 is 0. The van der Waals surface area contributed by atoms with Crippen LogP contribution in [0.25, 0.3) is 0 Å². The zero-order valence-electron chi connectivity index (χ0n) is 8.65. The molecule has 0 aromatic rings. The third kappa shape index (κ3) is 3.69. The van der Waals surface area contributed by atoms with Crippen LogP contribution in [0.5, 0.6) is 0 Å². The van der Waals surface area contributed by atoms with Gasteiger partial charge in [-0.05, 0) is 6.92 Å². The van der Waals surface area contributed by atoms with Crippen LogP contribution in [0.3, 0.4) is 0 Å². The highest BCUT2D eigenvalue weighted by molar-refractivity contribution is 5.89. The standard InChI is InChI=1S/C10H14O5/c1-2-14-9(12)4-3-8(11)7-5-10(13)15-6-7/h7H,2-6H2,1H3/t7-/m0/s1. The second-order valence-electron chi connectivity index (χ2n) is 3.36. The van der Waals surface area contributed by atoms with E-state index in [2.05, 4.69) is 9.47 Å². The summed E-state index contributed by atoms with van der Waals surface area (Å²) in [6, 6.07) is 0. The van der Waals surface area contributed by atoms with Crippen LogP contribution in [-0.2, 0) is 23.9 Å². The quantitative estimate of drug-likeness (QED) is 0.622. The van der Waals surface area contributed by atoms with Gasteiger partial charge in [-0.1, -0.05) is 0 Å². The first kappa shape index (κ1) is 11.7. The molecule has 0 amide bonds. The fourth-order valence-corrected chi connectivity index (χ4v) is 1.38. The maximum Gasteiger partial charge on any atom is 0.306 e. The Balaban J connectivity index is 2.24. The predicted molar refractivity (Wildman–Crippen MR) is 49.9 cm³/mol. The van der Waals surface area contributed by atoms with Gasteiger partial charge in [-0.15, -0.1) is 0 Å². The highest BCUT2D eigenvalue weighted by Gasteiger charge is 2.29. The lowest BCUT2D eigenvalue weighted by atomic mass is 10.00. The molecule has 0 aromatic carbocycles. The number of rotatable bonds is 5. The Hall–Kier alpha value is -1.39. The topological polar surface area (TPSA) is 69.7 Å². The van der Waals surface area contributed by atoms with Gasteiger partial charge in [0.25, 0.3) is 0 Å². The molecule has 84 valence electrons. The van der Waals surface area contributed by atoms with Crippen LogP contribution in [0.15, 0.2) is 0 Å². The molecule has 0 spiro atoms. The van der Waals surface area contributed by atoms with E-state index in [1.807, 2.05) is 0 Å². The highest BCUT2D eigenvalue weighted by Crippen LogP contribution is 2.17. The van der Waals surface area contributed by atoms with Gasteiger partial charge >= 0.3 is 11.9 Å². The third-order valence-electron chi connectivity index (χ3n) is 2.19. The molecule has 1 heterocycles. The first-order chi connectivity index (χ1) is 7.13. The minimum atomic E-state index is -0.379. The van der Waals surface area contributed by atoms with Gasteiger partial charge in [-0.3, -0.25) is 14.4 Å². The van der Waals surface area contributed by atoms with Crippen LogP contribution in [0.4, 0.5) is 0 Å². The molecule has 5 heteroatoms. The Morgan fingerprint density at radius 2 is 2.20 bits per heavy atom. The molecular formula is C10H14O5. The zero-order valence-corrected chi connectivity index (χ0v) is 8.65. The largest absolute Gasteiger partial charge is 0.466 e. The fraction of sp³-hybridized carbons (Fsp3) is 0.700. The molecule has 0 aromatic heterocycles. The van der Waals surface area contributed by atoms with Crippen LogP contribution in [0, 0.1) is 5.92 Å². The van der Waals surface area contributed by atoms with Gasteiger partial charge in [0.15, 0.2) is 0 Å². The highest BCUT2D eigenvalue weighted by atomic mass is 16.5. The number of ketones is 1. The van der Waals surface area contributed by atoms with Crippen molar-refractivity contribution in [1.82, 2.24) is 0 Å². The average molecular weight is 214 g/mol. The Kier molecular flexibility index (Phi) is 4.27. The maximum absolute atomic E-state index is 11.5. The molecule has 0 saturated carbocycles. The molecule has 1 fully saturated rings. The number of hydrogen-bond acceptors (Lipinski definition) is 5. The van der Waals surface area contributed by atoms with Gasteiger partial charge in [0, 0.05) is 6.42 Å². The molecule has 15 heavy (non-hydrogen) atoms. The van der Waals surface area contributed by atoms with Gasteiger partial charge in [0.05, 0.1) is 25.4 Å². The van der Waals surface area contributed by atoms with E-state index < -0.39 is 0 Å². The van der Waals surface area contributed by atoms with Crippen molar-refractivity contribution in [3.8, 4) is 0 Å². The van der Waals surface area contributed by atoms with Crippen molar-refractivity contribution in [2.45, 2.75) is 26.2 Å². The van der Waals surface area contributed by atoms with Crippen LogP contribution in [-0.4, -0.2) is 30.9 Å². The van der Waals surface area contributed by atoms with Crippen LogP contribution < -0.4 is 0 Å². The van der Waals surface area contributed by atoms with Gasteiger partial charge in [0.1, 0.15) is 12.4 Å². The second-order valence-corrected chi connectivity index (χ2v) is 3.36. The van der Waals surface area contributed by atoms with Crippen molar-refractivity contribution in [3.63, 3.8) is 0 Å². The Morgan fingerprint density at radius 3 is 2.73 bits per heavy atom. The van der Waals surface area contributed by atoms with Crippen molar-refractivity contribution in [1.29, 1.82) is 0 Å². The molecule has 1 saturated heterocycles. The number of carbonyl (C=O) groups excluding carboxylic acids is 3. The smallest absolute Gasteiger partial charge is 0.306 e. The van der Waals surface area contributed by atoms with Crippen molar-refractivity contribution in [3.05, 3.63) is 0 Å². The van der Waals surface area contributed by atoms with Crippen LogP contribution in [0.2, 0.25) is 0 Å². The van der Waals surface area contributed by atoms with E-state index in [1.165, 1.54) is 0 Å². The third-order valence-corrected chi connectivity index (χ3v) is 2.19. The van der Waals surface area contributed by atoms with Gasteiger partial charge in [-0.25, -0.2) is 0 Å².